The maximum atomic E-state index is 3.48. The van der Waals surface area contributed by atoms with Crippen LogP contribution in [0.3, 0.4) is 0 Å². The van der Waals surface area contributed by atoms with Gasteiger partial charge in [0.25, 0.3) is 0 Å². The molecule has 1 heterocycles. The molecule has 0 aliphatic carbocycles. The molecule has 0 bridgehead atoms. The molecule has 66 valence electrons. The molecule has 11 heavy (non-hydrogen) atoms. The molecule has 1 unspecified atom stereocenters. The summed E-state index contributed by atoms with van der Waals surface area (Å²) in [5.41, 5.74) is 0. The van der Waals surface area contributed by atoms with Crippen LogP contribution in [0.5, 0.6) is 0 Å². The molecule has 0 radical (unpaired) electrons. The van der Waals surface area contributed by atoms with Crippen LogP contribution in [0.15, 0.2) is 0 Å². The molecule has 1 rings (SSSR count). The Labute approximate surface area is 70.0 Å². The monoisotopic (exact) mass is 156 g/mol. The molecule has 0 spiro atoms. The number of likely N-dealkylation sites (tertiary alicyclic amines) is 1. The SMILES string of the molecule is CCNC(C)[C@@H]1CCN(C)C1. The molecular weight excluding hydrogens is 136 g/mol. The van der Waals surface area contributed by atoms with E-state index in [-0.39, 0.29) is 0 Å². The summed E-state index contributed by atoms with van der Waals surface area (Å²) in [5.74, 6) is 0.875. The second-order valence-electron chi connectivity index (χ2n) is 3.66. The Morgan fingerprint density at radius 2 is 2.36 bits per heavy atom. The van der Waals surface area contributed by atoms with Crippen LogP contribution in [-0.4, -0.2) is 37.6 Å². The lowest BCUT2D eigenvalue weighted by Gasteiger charge is -2.19. The molecule has 0 aromatic carbocycles. The Bertz CT molecular complexity index is 114. The van der Waals surface area contributed by atoms with Crippen molar-refractivity contribution < 1.29 is 0 Å². The fourth-order valence-corrected chi connectivity index (χ4v) is 1.87. The Kier molecular flexibility index (Phi) is 3.34. The van der Waals surface area contributed by atoms with Crippen LogP contribution in [0.1, 0.15) is 20.3 Å². The summed E-state index contributed by atoms with van der Waals surface area (Å²) in [5, 5.41) is 3.48. The molecule has 0 saturated carbocycles. The van der Waals surface area contributed by atoms with Gasteiger partial charge in [-0.3, -0.25) is 0 Å². The zero-order chi connectivity index (χ0) is 8.27. The minimum Gasteiger partial charge on any atom is -0.314 e. The molecule has 1 fully saturated rings. The lowest BCUT2D eigenvalue weighted by molar-refractivity contribution is 0.351. The Balaban J connectivity index is 2.25. The van der Waals surface area contributed by atoms with Gasteiger partial charge in [-0.2, -0.15) is 0 Å². The van der Waals surface area contributed by atoms with Gasteiger partial charge >= 0.3 is 0 Å². The van der Waals surface area contributed by atoms with E-state index < -0.39 is 0 Å². The second-order valence-corrected chi connectivity index (χ2v) is 3.66. The van der Waals surface area contributed by atoms with Gasteiger partial charge in [0.15, 0.2) is 0 Å². The van der Waals surface area contributed by atoms with E-state index in [1.807, 2.05) is 0 Å². The Hall–Kier alpha value is -0.0800. The minimum absolute atomic E-state index is 0.699. The Morgan fingerprint density at radius 1 is 1.64 bits per heavy atom. The highest BCUT2D eigenvalue weighted by Crippen LogP contribution is 2.17. The van der Waals surface area contributed by atoms with E-state index >= 15 is 0 Å². The smallest absolute Gasteiger partial charge is 0.00795 e. The van der Waals surface area contributed by atoms with Crippen molar-refractivity contribution in [2.45, 2.75) is 26.3 Å². The fourth-order valence-electron chi connectivity index (χ4n) is 1.87. The molecule has 2 atom stereocenters. The molecule has 1 N–H and O–H groups in total. The van der Waals surface area contributed by atoms with E-state index in [1.165, 1.54) is 19.5 Å². The van der Waals surface area contributed by atoms with Crippen LogP contribution >= 0.6 is 0 Å². The standard InChI is InChI=1S/C9H20N2/c1-4-10-8(2)9-5-6-11(3)7-9/h8-10H,4-7H2,1-3H3/t8?,9-/m1/s1. The summed E-state index contributed by atoms with van der Waals surface area (Å²) in [4.78, 5) is 2.42. The first kappa shape index (κ1) is 9.01. The minimum atomic E-state index is 0.699. The normalized spacial score (nSPS) is 29.2. The van der Waals surface area contributed by atoms with Crippen LogP contribution in [0, 0.1) is 5.92 Å². The molecule has 0 aromatic heterocycles. The molecule has 1 aliphatic rings. The van der Waals surface area contributed by atoms with Crippen molar-refractivity contribution in [3.05, 3.63) is 0 Å². The molecule has 0 amide bonds. The van der Waals surface area contributed by atoms with Crippen molar-refractivity contribution in [3.8, 4) is 0 Å². The lowest BCUT2D eigenvalue weighted by Crippen LogP contribution is -2.34. The molecule has 1 aliphatic heterocycles. The number of hydrogen-bond donors (Lipinski definition) is 1. The largest absolute Gasteiger partial charge is 0.314 e. The van der Waals surface area contributed by atoms with Gasteiger partial charge in [0.2, 0.25) is 0 Å². The van der Waals surface area contributed by atoms with Crippen LogP contribution < -0.4 is 5.32 Å². The predicted octanol–water partition coefficient (Wildman–Crippen LogP) is 0.936. The van der Waals surface area contributed by atoms with Gasteiger partial charge in [-0.15, -0.1) is 0 Å². The maximum absolute atomic E-state index is 3.48. The van der Waals surface area contributed by atoms with E-state index in [9.17, 15) is 0 Å². The van der Waals surface area contributed by atoms with Crippen molar-refractivity contribution in [1.29, 1.82) is 0 Å². The number of hydrogen-bond acceptors (Lipinski definition) is 2. The third kappa shape index (κ3) is 2.46. The number of rotatable bonds is 3. The first-order valence-electron chi connectivity index (χ1n) is 4.66. The number of nitrogens with zero attached hydrogens (tertiary/aromatic N) is 1. The van der Waals surface area contributed by atoms with Crippen LogP contribution in [0.2, 0.25) is 0 Å². The topological polar surface area (TPSA) is 15.3 Å². The highest BCUT2D eigenvalue weighted by Gasteiger charge is 2.23. The third-order valence-corrected chi connectivity index (χ3v) is 2.66. The third-order valence-electron chi connectivity index (χ3n) is 2.66. The molecule has 0 aromatic rings. The molecule has 2 heteroatoms. The van der Waals surface area contributed by atoms with Crippen LogP contribution in [0.4, 0.5) is 0 Å². The van der Waals surface area contributed by atoms with Crippen molar-refractivity contribution in [2.75, 3.05) is 26.7 Å². The Morgan fingerprint density at radius 3 is 2.82 bits per heavy atom. The molecule has 2 nitrogen and oxygen atoms in total. The van der Waals surface area contributed by atoms with E-state index in [0.717, 1.165) is 12.5 Å². The summed E-state index contributed by atoms with van der Waals surface area (Å²) >= 11 is 0. The highest BCUT2D eigenvalue weighted by atomic mass is 15.1. The second kappa shape index (κ2) is 4.07. The zero-order valence-corrected chi connectivity index (χ0v) is 7.93. The van der Waals surface area contributed by atoms with Gasteiger partial charge in [-0.25, -0.2) is 0 Å². The first-order chi connectivity index (χ1) is 5.24. The average molecular weight is 156 g/mol. The quantitative estimate of drug-likeness (QED) is 0.654. The molecular formula is C9H20N2. The van der Waals surface area contributed by atoms with Crippen LogP contribution in [-0.2, 0) is 0 Å². The van der Waals surface area contributed by atoms with E-state index in [0.29, 0.717) is 6.04 Å². The van der Waals surface area contributed by atoms with Gasteiger partial charge < -0.3 is 10.2 Å². The summed E-state index contributed by atoms with van der Waals surface area (Å²) in [6.45, 7) is 8.12. The van der Waals surface area contributed by atoms with Gasteiger partial charge in [-0.05, 0) is 39.4 Å². The summed E-state index contributed by atoms with van der Waals surface area (Å²) < 4.78 is 0. The van der Waals surface area contributed by atoms with Gasteiger partial charge in [-0.1, -0.05) is 6.92 Å². The predicted molar refractivity (Wildman–Crippen MR) is 48.7 cm³/mol. The van der Waals surface area contributed by atoms with Gasteiger partial charge in [0.05, 0.1) is 0 Å². The van der Waals surface area contributed by atoms with Crippen molar-refractivity contribution in [3.63, 3.8) is 0 Å². The maximum Gasteiger partial charge on any atom is 0.00795 e. The van der Waals surface area contributed by atoms with E-state index in [1.54, 1.807) is 0 Å². The summed E-state index contributed by atoms with van der Waals surface area (Å²) in [6, 6.07) is 0.699. The van der Waals surface area contributed by atoms with E-state index in [4.69, 9.17) is 0 Å². The zero-order valence-electron chi connectivity index (χ0n) is 7.93. The summed E-state index contributed by atoms with van der Waals surface area (Å²) in [7, 11) is 2.21. The van der Waals surface area contributed by atoms with Crippen LogP contribution in [0.25, 0.3) is 0 Å². The summed E-state index contributed by atoms with van der Waals surface area (Å²) in [6.07, 6.45) is 1.37. The van der Waals surface area contributed by atoms with Gasteiger partial charge in [0, 0.05) is 12.6 Å². The van der Waals surface area contributed by atoms with Crippen molar-refractivity contribution in [1.82, 2.24) is 10.2 Å². The van der Waals surface area contributed by atoms with Crippen molar-refractivity contribution >= 4 is 0 Å². The molecule has 1 saturated heterocycles. The number of nitrogens with one attached hydrogen (secondary N) is 1. The van der Waals surface area contributed by atoms with E-state index in [2.05, 4.69) is 31.1 Å². The first-order valence-corrected chi connectivity index (χ1v) is 4.66. The van der Waals surface area contributed by atoms with Gasteiger partial charge in [0.1, 0.15) is 0 Å². The fraction of sp³-hybridized carbons (Fsp3) is 1.00. The van der Waals surface area contributed by atoms with Crippen molar-refractivity contribution in [2.24, 2.45) is 5.92 Å². The highest BCUT2D eigenvalue weighted by molar-refractivity contribution is 4.80. The average Bonchev–Trinajstić information content (AvgIpc) is 2.36. The lowest BCUT2D eigenvalue weighted by atomic mass is 10.0.